The summed E-state index contributed by atoms with van der Waals surface area (Å²) >= 11 is 3.35. The minimum atomic E-state index is -0.418. The van der Waals surface area contributed by atoms with E-state index in [9.17, 15) is 9.59 Å². The molecule has 0 atom stereocenters. The third kappa shape index (κ3) is 4.44. The fourth-order valence-electron chi connectivity index (χ4n) is 1.14. The average Bonchev–Trinajstić information content (AvgIpc) is 2.29. The molecule has 0 aliphatic carbocycles. The van der Waals surface area contributed by atoms with E-state index in [0.29, 0.717) is 5.69 Å². The Balaban J connectivity index is 2.53. The Morgan fingerprint density at radius 3 is 2.65 bits per heavy atom. The second kappa shape index (κ2) is 6.24. The minimum absolute atomic E-state index is 0.0498. The third-order valence-electron chi connectivity index (χ3n) is 2.06. The summed E-state index contributed by atoms with van der Waals surface area (Å²) in [7, 11) is 1.51. The molecule has 0 unspecified atom stereocenters. The average molecular weight is 300 g/mol. The van der Waals surface area contributed by atoms with Crippen LogP contribution < -0.4 is 16.0 Å². The molecule has 0 radical (unpaired) electrons. The van der Waals surface area contributed by atoms with Gasteiger partial charge in [0.2, 0.25) is 5.91 Å². The Bertz CT molecular complexity index is 435. The molecule has 0 aliphatic rings. The van der Waals surface area contributed by atoms with E-state index in [1.165, 1.54) is 7.05 Å². The minimum Gasteiger partial charge on any atom is -0.358 e. The standard InChI is InChI=1S/C11H14BrN3O2/c1-7-3-4-9(8(12)5-7)15-11(17)14-6-10(16)13-2/h3-5H,6H2,1-2H3,(H,13,16)(H2,14,15,17). The lowest BCUT2D eigenvalue weighted by Crippen LogP contribution is -2.37. The predicted octanol–water partition coefficient (Wildman–Crippen LogP) is 1.63. The summed E-state index contributed by atoms with van der Waals surface area (Å²) in [5.41, 5.74) is 1.75. The van der Waals surface area contributed by atoms with Gasteiger partial charge in [0.15, 0.2) is 0 Å². The number of aryl methyl sites for hydroxylation is 1. The number of halogens is 1. The Kier molecular flexibility index (Phi) is 4.96. The second-order valence-corrected chi connectivity index (χ2v) is 4.32. The van der Waals surface area contributed by atoms with Crippen LogP contribution in [0.1, 0.15) is 5.56 Å². The Morgan fingerprint density at radius 1 is 1.35 bits per heavy atom. The van der Waals surface area contributed by atoms with Crippen LogP contribution in [-0.4, -0.2) is 25.5 Å². The van der Waals surface area contributed by atoms with Crippen LogP contribution in [0.4, 0.5) is 10.5 Å². The number of benzene rings is 1. The van der Waals surface area contributed by atoms with Gasteiger partial charge >= 0.3 is 6.03 Å². The van der Waals surface area contributed by atoms with Gasteiger partial charge in [-0.15, -0.1) is 0 Å². The van der Waals surface area contributed by atoms with Gasteiger partial charge in [0.1, 0.15) is 0 Å². The number of likely N-dealkylation sites (N-methyl/N-ethyl adjacent to an activating group) is 1. The molecule has 17 heavy (non-hydrogen) atoms. The Labute approximate surface area is 108 Å². The first-order valence-corrected chi connectivity index (χ1v) is 5.84. The molecule has 0 fully saturated rings. The van der Waals surface area contributed by atoms with Crippen LogP contribution >= 0.6 is 15.9 Å². The molecule has 0 saturated heterocycles. The number of nitrogens with one attached hydrogen (secondary N) is 3. The second-order valence-electron chi connectivity index (χ2n) is 3.46. The lowest BCUT2D eigenvalue weighted by atomic mass is 10.2. The molecule has 3 N–H and O–H groups in total. The van der Waals surface area contributed by atoms with Crippen LogP contribution in [0.2, 0.25) is 0 Å². The van der Waals surface area contributed by atoms with E-state index in [1.54, 1.807) is 6.07 Å². The van der Waals surface area contributed by atoms with Crippen molar-refractivity contribution in [2.24, 2.45) is 0 Å². The van der Waals surface area contributed by atoms with Crippen LogP contribution in [0.25, 0.3) is 0 Å². The highest BCUT2D eigenvalue weighted by Crippen LogP contribution is 2.22. The molecule has 0 saturated carbocycles. The zero-order valence-electron chi connectivity index (χ0n) is 9.63. The number of carbonyl (C=O) groups excluding carboxylic acids is 2. The lowest BCUT2D eigenvalue weighted by molar-refractivity contribution is -0.119. The zero-order chi connectivity index (χ0) is 12.8. The van der Waals surface area contributed by atoms with Gasteiger partial charge in [-0.2, -0.15) is 0 Å². The quantitative estimate of drug-likeness (QED) is 0.794. The summed E-state index contributed by atoms with van der Waals surface area (Å²) < 4.78 is 0.799. The molecule has 1 rings (SSSR count). The molecule has 1 aromatic carbocycles. The molecule has 0 aliphatic heterocycles. The van der Waals surface area contributed by atoms with Gasteiger partial charge in [0.25, 0.3) is 0 Å². The highest BCUT2D eigenvalue weighted by atomic mass is 79.9. The van der Waals surface area contributed by atoms with Gasteiger partial charge < -0.3 is 16.0 Å². The van der Waals surface area contributed by atoms with Crippen molar-refractivity contribution in [2.75, 3.05) is 18.9 Å². The van der Waals surface area contributed by atoms with E-state index in [0.717, 1.165) is 10.0 Å². The van der Waals surface area contributed by atoms with E-state index in [1.807, 2.05) is 19.1 Å². The van der Waals surface area contributed by atoms with Crippen LogP contribution in [0.5, 0.6) is 0 Å². The first-order valence-electron chi connectivity index (χ1n) is 5.04. The molecule has 3 amide bonds. The normalized spacial score (nSPS) is 9.59. The van der Waals surface area contributed by atoms with Crippen LogP contribution in [0.3, 0.4) is 0 Å². The smallest absolute Gasteiger partial charge is 0.319 e. The van der Waals surface area contributed by atoms with Crippen molar-refractivity contribution in [2.45, 2.75) is 6.92 Å². The molecule has 0 aromatic heterocycles. The molecule has 92 valence electrons. The molecular weight excluding hydrogens is 286 g/mol. The fourth-order valence-corrected chi connectivity index (χ4v) is 1.73. The SMILES string of the molecule is CNC(=O)CNC(=O)Nc1ccc(C)cc1Br. The molecule has 6 heteroatoms. The van der Waals surface area contributed by atoms with Crippen LogP contribution in [0.15, 0.2) is 22.7 Å². The molecule has 5 nitrogen and oxygen atoms in total. The van der Waals surface area contributed by atoms with Crippen molar-refractivity contribution in [1.29, 1.82) is 0 Å². The van der Waals surface area contributed by atoms with Crippen molar-refractivity contribution < 1.29 is 9.59 Å². The van der Waals surface area contributed by atoms with Crippen LogP contribution in [0, 0.1) is 6.92 Å². The van der Waals surface area contributed by atoms with Gasteiger partial charge in [-0.3, -0.25) is 4.79 Å². The van der Waals surface area contributed by atoms with Crippen molar-refractivity contribution >= 4 is 33.6 Å². The third-order valence-corrected chi connectivity index (χ3v) is 2.72. The number of anilines is 1. The molecule has 0 bridgehead atoms. The number of amides is 3. The summed E-state index contributed by atoms with van der Waals surface area (Å²) in [4.78, 5) is 22.4. The monoisotopic (exact) mass is 299 g/mol. The summed E-state index contributed by atoms with van der Waals surface area (Å²) in [6.45, 7) is 1.91. The van der Waals surface area contributed by atoms with Crippen molar-refractivity contribution in [3.63, 3.8) is 0 Å². The van der Waals surface area contributed by atoms with Gasteiger partial charge in [0, 0.05) is 11.5 Å². The van der Waals surface area contributed by atoms with Crippen molar-refractivity contribution in [3.05, 3.63) is 28.2 Å². The maximum absolute atomic E-state index is 11.4. The van der Waals surface area contributed by atoms with E-state index < -0.39 is 6.03 Å². The summed E-state index contributed by atoms with van der Waals surface area (Å²) in [5, 5.41) is 7.49. The topological polar surface area (TPSA) is 70.2 Å². The number of carbonyl (C=O) groups is 2. The van der Waals surface area contributed by atoms with E-state index >= 15 is 0 Å². The van der Waals surface area contributed by atoms with Gasteiger partial charge in [-0.05, 0) is 40.5 Å². The van der Waals surface area contributed by atoms with Gasteiger partial charge in [0.05, 0.1) is 12.2 Å². The van der Waals surface area contributed by atoms with E-state index in [-0.39, 0.29) is 12.5 Å². The molecule has 1 aromatic rings. The first-order chi connectivity index (χ1) is 8.02. The number of urea groups is 1. The van der Waals surface area contributed by atoms with E-state index in [2.05, 4.69) is 31.9 Å². The van der Waals surface area contributed by atoms with Crippen LogP contribution in [-0.2, 0) is 4.79 Å². The largest absolute Gasteiger partial charge is 0.358 e. The first kappa shape index (κ1) is 13.5. The van der Waals surface area contributed by atoms with Gasteiger partial charge in [-0.1, -0.05) is 6.07 Å². The molecule has 0 heterocycles. The Hall–Kier alpha value is -1.56. The number of hydrogen-bond acceptors (Lipinski definition) is 2. The Morgan fingerprint density at radius 2 is 2.06 bits per heavy atom. The van der Waals surface area contributed by atoms with E-state index in [4.69, 9.17) is 0 Å². The maximum atomic E-state index is 11.4. The number of hydrogen-bond donors (Lipinski definition) is 3. The summed E-state index contributed by atoms with van der Waals surface area (Å²) in [6, 6.07) is 5.16. The molecule has 0 spiro atoms. The summed E-state index contributed by atoms with van der Waals surface area (Å²) in [5.74, 6) is -0.247. The van der Waals surface area contributed by atoms with Crippen molar-refractivity contribution in [3.8, 4) is 0 Å². The predicted molar refractivity (Wildman–Crippen MR) is 70.0 cm³/mol. The highest BCUT2D eigenvalue weighted by Gasteiger charge is 2.06. The van der Waals surface area contributed by atoms with Gasteiger partial charge in [-0.25, -0.2) is 4.79 Å². The highest BCUT2D eigenvalue weighted by molar-refractivity contribution is 9.10. The van der Waals surface area contributed by atoms with Crippen molar-refractivity contribution in [1.82, 2.24) is 10.6 Å². The zero-order valence-corrected chi connectivity index (χ0v) is 11.2. The summed E-state index contributed by atoms with van der Waals surface area (Å²) in [6.07, 6.45) is 0. The number of rotatable bonds is 3. The lowest BCUT2D eigenvalue weighted by Gasteiger charge is -2.09. The fraction of sp³-hybridized carbons (Fsp3) is 0.273. The maximum Gasteiger partial charge on any atom is 0.319 e. The molecular formula is C11H14BrN3O2.